The third kappa shape index (κ3) is 10.6. The zero-order valence-electron chi connectivity index (χ0n) is 22.4. The van der Waals surface area contributed by atoms with Crippen molar-refractivity contribution in [3.8, 4) is 35.2 Å². The fourth-order valence-corrected chi connectivity index (χ4v) is 4.61. The standard InChI is InChI=1S/C34H36Br2O2/c1-3-5-7-9-23-37-31-19-13-27(14-20-31)11-17-29-25-34(36)30(26-33(29)35)18-12-28-15-21-32(22-16-28)38-24-10-8-6-4-2/h13-16,19-22,25-26H,3-10,23-24H2,1-2H3. The highest BCUT2D eigenvalue weighted by Crippen LogP contribution is 2.25. The van der Waals surface area contributed by atoms with E-state index in [0.29, 0.717) is 0 Å². The van der Waals surface area contributed by atoms with E-state index >= 15 is 0 Å². The van der Waals surface area contributed by atoms with E-state index in [1.807, 2.05) is 60.7 Å². The highest BCUT2D eigenvalue weighted by atomic mass is 79.9. The van der Waals surface area contributed by atoms with Gasteiger partial charge in [-0.05, 0) is 105 Å². The third-order valence-corrected chi connectivity index (χ3v) is 7.29. The molecule has 0 fully saturated rings. The molecule has 0 heterocycles. The van der Waals surface area contributed by atoms with Crippen molar-refractivity contribution in [3.05, 3.63) is 91.9 Å². The molecule has 0 aliphatic carbocycles. The van der Waals surface area contributed by atoms with Crippen molar-refractivity contribution in [2.45, 2.75) is 65.2 Å². The third-order valence-electron chi connectivity index (χ3n) is 5.98. The van der Waals surface area contributed by atoms with Crippen molar-refractivity contribution >= 4 is 31.9 Å². The Morgan fingerprint density at radius 2 is 0.921 bits per heavy atom. The molecule has 2 nitrogen and oxygen atoms in total. The van der Waals surface area contributed by atoms with Crippen LogP contribution in [0.4, 0.5) is 0 Å². The van der Waals surface area contributed by atoms with Crippen LogP contribution in [-0.4, -0.2) is 13.2 Å². The number of hydrogen-bond donors (Lipinski definition) is 0. The fourth-order valence-electron chi connectivity index (χ4n) is 3.72. The summed E-state index contributed by atoms with van der Waals surface area (Å²) in [6, 6.07) is 20.0. The number of hydrogen-bond acceptors (Lipinski definition) is 2. The van der Waals surface area contributed by atoms with Crippen LogP contribution in [0.2, 0.25) is 0 Å². The highest BCUT2D eigenvalue weighted by Gasteiger charge is 2.04. The average molecular weight is 636 g/mol. The van der Waals surface area contributed by atoms with E-state index in [1.165, 1.54) is 38.5 Å². The van der Waals surface area contributed by atoms with Gasteiger partial charge >= 0.3 is 0 Å². The Morgan fingerprint density at radius 1 is 0.526 bits per heavy atom. The first-order valence-corrected chi connectivity index (χ1v) is 15.2. The summed E-state index contributed by atoms with van der Waals surface area (Å²) in [5, 5.41) is 0. The minimum Gasteiger partial charge on any atom is -0.494 e. The Hall–Kier alpha value is -2.66. The fraction of sp³-hybridized carbons (Fsp3) is 0.353. The van der Waals surface area contributed by atoms with Crippen molar-refractivity contribution in [3.63, 3.8) is 0 Å². The van der Waals surface area contributed by atoms with Gasteiger partial charge in [0, 0.05) is 31.2 Å². The summed E-state index contributed by atoms with van der Waals surface area (Å²) in [6.45, 7) is 5.96. The molecule has 0 saturated carbocycles. The zero-order chi connectivity index (χ0) is 27.0. The lowest BCUT2D eigenvalue weighted by Gasteiger charge is -2.05. The Bertz CT molecular complexity index is 1160. The van der Waals surface area contributed by atoms with Crippen LogP contribution in [0, 0.1) is 23.7 Å². The second-order valence-corrected chi connectivity index (χ2v) is 10.9. The lowest BCUT2D eigenvalue weighted by molar-refractivity contribution is 0.305. The molecule has 0 aliphatic rings. The molecule has 0 unspecified atom stereocenters. The van der Waals surface area contributed by atoms with E-state index in [9.17, 15) is 0 Å². The molecule has 0 N–H and O–H groups in total. The SMILES string of the molecule is CCCCCCOc1ccc(C#Cc2cc(Br)c(C#Cc3ccc(OCCCCCC)cc3)cc2Br)cc1. The molecule has 198 valence electrons. The predicted molar refractivity (Wildman–Crippen MR) is 166 cm³/mol. The number of benzene rings is 3. The Labute approximate surface area is 245 Å². The first-order chi connectivity index (χ1) is 18.6. The first kappa shape index (κ1) is 29.9. The lowest BCUT2D eigenvalue weighted by Crippen LogP contribution is -1.97. The Balaban J connectivity index is 1.57. The van der Waals surface area contributed by atoms with Gasteiger partial charge in [0.05, 0.1) is 13.2 Å². The highest BCUT2D eigenvalue weighted by molar-refractivity contribution is 9.11. The van der Waals surface area contributed by atoms with Crippen LogP contribution < -0.4 is 9.47 Å². The number of unbranched alkanes of at least 4 members (excludes halogenated alkanes) is 6. The normalized spacial score (nSPS) is 10.2. The molecule has 4 heteroatoms. The molecule has 0 atom stereocenters. The van der Waals surface area contributed by atoms with Gasteiger partial charge < -0.3 is 9.47 Å². The first-order valence-electron chi connectivity index (χ1n) is 13.6. The monoisotopic (exact) mass is 634 g/mol. The maximum atomic E-state index is 5.83. The van der Waals surface area contributed by atoms with Crippen LogP contribution >= 0.6 is 31.9 Å². The molecule has 0 aliphatic heterocycles. The molecule has 0 amide bonds. The topological polar surface area (TPSA) is 18.5 Å². The van der Waals surface area contributed by atoms with Crippen LogP contribution in [0.1, 0.15) is 87.5 Å². The Kier molecular flexibility index (Phi) is 13.4. The quantitative estimate of drug-likeness (QED) is 0.146. The molecule has 0 saturated heterocycles. The van der Waals surface area contributed by atoms with E-state index in [-0.39, 0.29) is 0 Å². The lowest BCUT2D eigenvalue weighted by atomic mass is 10.1. The smallest absolute Gasteiger partial charge is 0.119 e. The summed E-state index contributed by atoms with van der Waals surface area (Å²) in [6.07, 6.45) is 9.63. The molecular weight excluding hydrogens is 600 g/mol. The average Bonchev–Trinajstić information content (AvgIpc) is 2.93. The number of halogens is 2. The largest absolute Gasteiger partial charge is 0.494 e. The summed E-state index contributed by atoms with van der Waals surface area (Å²) >= 11 is 7.32. The van der Waals surface area contributed by atoms with Crippen molar-refractivity contribution in [2.75, 3.05) is 13.2 Å². The second kappa shape index (κ2) is 17.0. The van der Waals surface area contributed by atoms with Crippen LogP contribution in [0.25, 0.3) is 0 Å². The van der Waals surface area contributed by atoms with Crippen molar-refractivity contribution in [2.24, 2.45) is 0 Å². The van der Waals surface area contributed by atoms with Crippen LogP contribution in [0.5, 0.6) is 11.5 Å². The van der Waals surface area contributed by atoms with E-state index in [2.05, 4.69) is 69.4 Å². The maximum Gasteiger partial charge on any atom is 0.119 e. The number of rotatable bonds is 12. The molecule has 0 aromatic heterocycles. The number of ether oxygens (including phenoxy) is 2. The van der Waals surface area contributed by atoms with Crippen molar-refractivity contribution in [1.29, 1.82) is 0 Å². The van der Waals surface area contributed by atoms with Crippen molar-refractivity contribution < 1.29 is 9.47 Å². The summed E-state index contributed by atoms with van der Waals surface area (Å²) < 4.78 is 13.5. The summed E-state index contributed by atoms with van der Waals surface area (Å²) in [7, 11) is 0. The van der Waals surface area contributed by atoms with Gasteiger partial charge in [0.15, 0.2) is 0 Å². The molecule has 3 rings (SSSR count). The van der Waals surface area contributed by atoms with Crippen LogP contribution in [-0.2, 0) is 0 Å². The molecule has 3 aromatic rings. The van der Waals surface area contributed by atoms with Gasteiger partial charge in [-0.25, -0.2) is 0 Å². The van der Waals surface area contributed by atoms with Crippen LogP contribution in [0.3, 0.4) is 0 Å². The Morgan fingerprint density at radius 3 is 1.29 bits per heavy atom. The molecule has 38 heavy (non-hydrogen) atoms. The van der Waals surface area contributed by atoms with Gasteiger partial charge in [0.1, 0.15) is 11.5 Å². The van der Waals surface area contributed by atoms with E-state index in [4.69, 9.17) is 9.47 Å². The molecular formula is C34H36Br2O2. The van der Waals surface area contributed by atoms with Crippen molar-refractivity contribution in [1.82, 2.24) is 0 Å². The maximum absolute atomic E-state index is 5.83. The van der Waals surface area contributed by atoms with Gasteiger partial charge in [-0.2, -0.15) is 0 Å². The van der Waals surface area contributed by atoms with E-state index in [0.717, 1.165) is 68.8 Å². The molecule has 3 aromatic carbocycles. The van der Waals surface area contributed by atoms with Gasteiger partial charge in [-0.3, -0.25) is 0 Å². The van der Waals surface area contributed by atoms with E-state index in [1.54, 1.807) is 0 Å². The van der Waals surface area contributed by atoms with E-state index < -0.39 is 0 Å². The van der Waals surface area contributed by atoms with Crippen LogP contribution in [0.15, 0.2) is 69.6 Å². The summed E-state index contributed by atoms with van der Waals surface area (Å²) in [5.41, 5.74) is 3.70. The minimum atomic E-state index is 0.764. The summed E-state index contributed by atoms with van der Waals surface area (Å²) in [5.74, 6) is 14.8. The molecule has 0 bridgehead atoms. The van der Waals surface area contributed by atoms with Gasteiger partial charge in [-0.15, -0.1) is 0 Å². The molecule has 0 radical (unpaired) electrons. The van der Waals surface area contributed by atoms with Gasteiger partial charge in [0.25, 0.3) is 0 Å². The van der Waals surface area contributed by atoms with Gasteiger partial charge in [0.2, 0.25) is 0 Å². The summed E-state index contributed by atoms with van der Waals surface area (Å²) in [4.78, 5) is 0. The zero-order valence-corrected chi connectivity index (χ0v) is 25.6. The minimum absolute atomic E-state index is 0.764. The second-order valence-electron chi connectivity index (χ2n) is 9.18. The predicted octanol–water partition coefficient (Wildman–Crippen LogP) is 9.93. The molecule has 0 spiro atoms. The van der Waals surface area contributed by atoms with Gasteiger partial charge in [-0.1, -0.05) is 76.1 Å².